The highest BCUT2D eigenvalue weighted by molar-refractivity contribution is 7.89. The Morgan fingerprint density at radius 2 is 2.00 bits per heavy atom. The van der Waals surface area contributed by atoms with E-state index in [1.54, 1.807) is 6.07 Å². The van der Waals surface area contributed by atoms with E-state index in [4.69, 9.17) is 5.73 Å². The fourth-order valence-electron chi connectivity index (χ4n) is 2.03. The molecule has 0 amide bonds. The van der Waals surface area contributed by atoms with Gasteiger partial charge in [0.2, 0.25) is 10.0 Å². The second-order valence-corrected chi connectivity index (χ2v) is 6.49. The Bertz CT molecular complexity index is 650. The quantitative estimate of drug-likeness (QED) is 0.752. The lowest BCUT2D eigenvalue weighted by Gasteiger charge is -2.13. The first-order valence-corrected chi connectivity index (χ1v) is 7.93. The van der Waals surface area contributed by atoms with Gasteiger partial charge < -0.3 is 10.7 Å². The van der Waals surface area contributed by atoms with Gasteiger partial charge in [0.1, 0.15) is 0 Å². The van der Waals surface area contributed by atoms with E-state index in [0.717, 1.165) is 5.56 Å². The maximum absolute atomic E-state index is 12.2. The first-order chi connectivity index (χ1) is 9.51. The predicted octanol–water partition coefficient (Wildman–Crippen LogP) is 1.38. The van der Waals surface area contributed by atoms with Gasteiger partial charge in [-0.3, -0.25) is 0 Å². The lowest BCUT2D eigenvalue weighted by molar-refractivity contribution is 0.560. The maximum Gasteiger partial charge on any atom is 0.242 e. The van der Waals surface area contributed by atoms with Gasteiger partial charge in [0.25, 0.3) is 0 Å². The standard InChI is InChI=1S/C14H19N3O2S/c1-11(7-12-5-3-2-4-6-12)17-20(18,19)14-8-13(9-15)16-10-14/h2-6,8,10-11,16-17H,7,9,15H2,1H3. The van der Waals surface area contributed by atoms with Crippen molar-refractivity contribution in [3.05, 3.63) is 53.9 Å². The second kappa shape index (κ2) is 6.21. The van der Waals surface area contributed by atoms with Crippen LogP contribution in [0.2, 0.25) is 0 Å². The van der Waals surface area contributed by atoms with Crippen molar-refractivity contribution in [1.82, 2.24) is 9.71 Å². The number of nitrogens with one attached hydrogen (secondary N) is 2. The van der Waals surface area contributed by atoms with E-state index in [-0.39, 0.29) is 17.5 Å². The van der Waals surface area contributed by atoms with Crippen molar-refractivity contribution in [3.63, 3.8) is 0 Å². The summed E-state index contributed by atoms with van der Waals surface area (Å²) in [5.74, 6) is 0. The molecule has 108 valence electrons. The molecule has 0 aliphatic rings. The van der Waals surface area contributed by atoms with E-state index in [1.807, 2.05) is 37.3 Å². The summed E-state index contributed by atoms with van der Waals surface area (Å²) in [7, 11) is -3.51. The molecular weight excluding hydrogens is 274 g/mol. The Balaban J connectivity index is 2.04. The highest BCUT2D eigenvalue weighted by atomic mass is 32.2. The van der Waals surface area contributed by atoms with Crippen LogP contribution >= 0.6 is 0 Å². The predicted molar refractivity (Wildman–Crippen MR) is 78.6 cm³/mol. The zero-order chi connectivity index (χ0) is 14.6. The smallest absolute Gasteiger partial charge is 0.242 e. The first kappa shape index (κ1) is 14.8. The number of sulfonamides is 1. The minimum absolute atomic E-state index is 0.182. The molecule has 2 aromatic rings. The zero-order valence-corrected chi connectivity index (χ0v) is 12.2. The molecule has 0 spiro atoms. The van der Waals surface area contributed by atoms with Crippen molar-refractivity contribution in [2.75, 3.05) is 0 Å². The number of aromatic nitrogens is 1. The van der Waals surface area contributed by atoms with Crippen LogP contribution in [0.1, 0.15) is 18.2 Å². The molecule has 4 N–H and O–H groups in total. The summed E-state index contributed by atoms with van der Waals surface area (Å²) in [5, 5.41) is 0. The SMILES string of the molecule is CC(Cc1ccccc1)NS(=O)(=O)c1c[nH]c(CN)c1. The summed E-state index contributed by atoms with van der Waals surface area (Å²) in [4.78, 5) is 3.06. The fourth-order valence-corrected chi connectivity index (χ4v) is 3.29. The number of nitrogens with two attached hydrogens (primary N) is 1. The summed E-state index contributed by atoms with van der Waals surface area (Å²) >= 11 is 0. The highest BCUT2D eigenvalue weighted by Crippen LogP contribution is 2.12. The maximum atomic E-state index is 12.2. The molecule has 0 saturated carbocycles. The third-order valence-electron chi connectivity index (χ3n) is 2.99. The summed E-state index contributed by atoms with van der Waals surface area (Å²) in [6, 6.07) is 11.1. The monoisotopic (exact) mass is 293 g/mol. The molecule has 1 unspecified atom stereocenters. The van der Waals surface area contributed by atoms with Crippen LogP contribution in [0.15, 0.2) is 47.5 Å². The van der Waals surface area contributed by atoms with E-state index in [1.165, 1.54) is 6.20 Å². The Morgan fingerprint density at radius 3 is 2.60 bits per heavy atom. The van der Waals surface area contributed by atoms with E-state index in [9.17, 15) is 8.42 Å². The van der Waals surface area contributed by atoms with Crippen LogP contribution in [-0.2, 0) is 23.0 Å². The summed E-state index contributed by atoms with van der Waals surface area (Å²) in [6.45, 7) is 2.14. The van der Waals surface area contributed by atoms with E-state index >= 15 is 0 Å². The first-order valence-electron chi connectivity index (χ1n) is 6.45. The molecule has 0 radical (unpaired) electrons. The molecule has 20 heavy (non-hydrogen) atoms. The summed E-state index contributed by atoms with van der Waals surface area (Å²) in [6.07, 6.45) is 2.11. The molecule has 1 atom stereocenters. The van der Waals surface area contributed by atoms with Gasteiger partial charge in [0, 0.05) is 24.5 Å². The van der Waals surface area contributed by atoms with E-state index in [0.29, 0.717) is 12.1 Å². The molecule has 0 fully saturated rings. The number of hydrogen-bond acceptors (Lipinski definition) is 3. The van der Waals surface area contributed by atoms with Gasteiger partial charge >= 0.3 is 0 Å². The third kappa shape index (κ3) is 3.69. The van der Waals surface area contributed by atoms with Crippen molar-refractivity contribution in [2.45, 2.75) is 30.8 Å². The van der Waals surface area contributed by atoms with Crippen LogP contribution in [0.25, 0.3) is 0 Å². The van der Waals surface area contributed by atoms with Crippen molar-refractivity contribution >= 4 is 10.0 Å². The van der Waals surface area contributed by atoms with E-state index < -0.39 is 10.0 Å². The minimum atomic E-state index is -3.51. The molecule has 0 bridgehead atoms. The van der Waals surface area contributed by atoms with Gasteiger partial charge in [-0.15, -0.1) is 0 Å². The van der Waals surface area contributed by atoms with Crippen LogP contribution < -0.4 is 10.5 Å². The topological polar surface area (TPSA) is 88.0 Å². The average molecular weight is 293 g/mol. The molecule has 1 aromatic carbocycles. The molecular formula is C14H19N3O2S. The van der Waals surface area contributed by atoms with Crippen LogP contribution in [0.3, 0.4) is 0 Å². The van der Waals surface area contributed by atoms with Gasteiger partial charge in [-0.2, -0.15) is 0 Å². The minimum Gasteiger partial charge on any atom is -0.363 e. The summed E-state index contributed by atoms with van der Waals surface area (Å²) in [5.41, 5.74) is 7.26. The molecule has 0 aliphatic carbocycles. The van der Waals surface area contributed by atoms with E-state index in [2.05, 4.69) is 9.71 Å². The number of aromatic amines is 1. The molecule has 1 heterocycles. The van der Waals surface area contributed by atoms with Gasteiger partial charge in [0.05, 0.1) is 4.90 Å². The molecule has 2 rings (SSSR count). The van der Waals surface area contributed by atoms with Crippen LogP contribution in [0.4, 0.5) is 0 Å². The van der Waals surface area contributed by atoms with Crippen LogP contribution in [0.5, 0.6) is 0 Å². The average Bonchev–Trinajstić information content (AvgIpc) is 2.88. The number of H-pyrrole nitrogens is 1. The Labute approximate surface area is 119 Å². The van der Waals surface area contributed by atoms with Crippen molar-refractivity contribution in [2.24, 2.45) is 5.73 Å². The normalized spacial score (nSPS) is 13.3. The molecule has 5 nitrogen and oxygen atoms in total. The van der Waals surface area contributed by atoms with Crippen LogP contribution in [-0.4, -0.2) is 19.4 Å². The fraction of sp³-hybridized carbons (Fsp3) is 0.286. The summed E-state index contributed by atoms with van der Waals surface area (Å²) < 4.78 is 27.1. The number of rotatable bonds is 6. The Kier molecular flexibility index (Phi) is 4.59. The van der Waals surface area contributed by atoms with Crippen molar-refractivity contribution < 1.29 is 8.42 Å². The third-order valence-corrected chi connectivity index (χ3v) is 4.56. The van der Waals surface area contributed by atoms with Crippen molar-refractivity contribution in [1.29, 1.82) is 0 Å². The Morgan fingerprint density at radius 1 is 1.30 bits per heavy atom. The largest absolute Gasteiger partial charge is 0.363 e. The molecule has 1 aromatic heterocycles. The lowest BCUT2D eigenvalue weighted by Crippen LogP contribution is -2.33. The Hall–Kier alpha value is -1.63. The highest BCUT2D eigenvalue weighted by Gasteiger charge is 2.18. The molecule has 0 saturated heterocycles. The van der Waals surface area contributed by atoms with Gasteiger partial charge in [0.15, 0.2) is 0 Å². The molecule has 6 heteroatoms. The number of hydrogen-bond donors (Lipinski definition) is 3. The van der Waals surface area contributed by atoms with Crippen LogP contribution in [0, 0.1) is 0 Å². The zero-order valence-electron chi connectivity index (χ0n) is 11.3. The van der Waals surface area contributed by atoms with Gasteiger partial charge in [-0.1, -0.05) is 30.3 Å². The number of benzene rings is 1. The lowest BCUT2D eigenvalue weighted by atomic mass is 10.1. The van der Waals surface area contributed by atoms with Gasteiger partial charge in [-0.25, -0.2) is 13.1 Å². The van der Waals surface area contributed by atoms with Crippen molar-refractivity contribution in [3.8, 4) is 0 Å². The second-order valence-electron chi connectivity index (χ2n) is 4.78. The van der Waals surface area contributed by atoms with Gasteiger partial charge in [-0.05, 0) is 25.0 Å². The molecule has 0 aliphatic heterocycles.